The molecule has 1 saturated heterocycles. The molecule has 1 rings (SSSR count). The Kier molecular flexibility index (Phi) is 4.11. The molecule has 1 atom stereocenters. The summed E-state index contributed by atoms with van der Waals surface area (Å²) in [6.45, 7) is 5.54. The minimum atomic E-state index is -0.413. The van der Waals surface area contributed by atoms with Crippen LogP contribution in [0.15, 0.2) is 0 Å². The molecule has 0 aromatic heterocycles. The summed E-state index contributed by atoms with van der Waals surface area (Å²) in [7, 11) is 0. The van der Waals surface area contributed by atoms with Gasteiger partial charge >= 0.3 is 0 Å². The number of β-amino-alcohol motifs (C(OH)–C–C–N with tert-alkyl or cyclic N) is 1. The minimum absolute atomic E-state index is 0.117. The number of aliphatic hydroxyl groups is 1. The van der Waals surface area contributed by atoms with Gasteiger partial charge in [0.1, 0.15) is 0 Å². The summed E-state index contributed by atoms with van der Waals surface area (Å²) in [4.78, 5) is 14.0. The molecule has 1 amide bonds. The van der Waals surface area contributed by atoms with Gasteiger partial charge in [0.15, 0.2) is 0 Å². The van der Waals surface area contributed by atoms with Gasteiger partial charge in [-0.25, -0.2) is 0 Å². The highest BCUT2D eigenvalue weighted by Gasteiger charge is 2.38. The molecular formula is C11H22N2O2. The lowest BCUT2D eigenvalue weighted by Crippen LogP contribution is -2.47. The molecule has 4 heteroatoms. The Bertz CT molecular complexity index is 218. The SMILES string of the molecule is CCC(CC)(CN)C(=O)N1CCC(O)C1. The van der Waals surface area contributed by atoms with Crippen molar-refractivity contribution in [1.29, 1.82) is 0 Å². The number of hydrogen-bond acceptors (Lipinski definition) is 3. The van der Waals surface area contributed by atoms with Crippen LogP contribution in [-0.2, 0) is 4.79 Å². The monoisotopic (exact) mass is 214 g/mol. The fourth-order valence-corrected chi connectivity index (χ4v) is 2.19. The zero-order valence-corrected chi connectivity index (χ0v) is 9.70. The molecule has 4 nitrogen and oxygen atoms in total. The second kappa shape index (κ2) is 4.94. The second-order valence-corrected chi connectivity index (χ2v) is 4.39. The molecule has 0 spiro atoms. The Labute approximate surface area is 91.4 Å². The molecule has 0 radical (unpaired) electrons. The van der Waals surface area contributed by atoms with E-state index in [1.54, 1.807) is 4.90 Å². The van der Waals surface area contributed by atoms with Crippen molar-refractivity contribution < 1.29 is 9.90 Å². The number of rotatable bonds is 4. The molecule has 15 heavy (non-hydrogen) atoms. The summed E-state index contributed by atoms with van der Waals surface area (Å²) in [5, 5.41) is 9.41. The smallest absolute Gasteiger partial charge is 0.230 e. The molecule has 0 aromatic carbocycles. The van der Waals surface area contributed by atoms with Crippen molar-refractivity contribution in [3.05, 3.63) is 0 Å². The Morgan fingerprint density at radius 2 is 2.13 bits per heavy atom. The predicted molar refractivity (Wildman–Crippen MR) is 59.3 cm³/mol. The van der Waals surface area contributed by atoms with Crippen molar-refractivity contribution in [1.82, 2.24) is 4.90 Å². The van der Waals surface area contributed by atoms with Gasteiger partial charge in [-0.05, 0) is 19.3 Å². The zero-order chi connectivity index (χ0) is 11.5. The van der Waals surface area contributed by atoms with E-state index in [-0.39, 0.29) is 12.0 Å². The van der Waals surface area contributed by atoms with Gasteiger partial charge in [0.25, 0.3) is 0 Å². The number of carbonyl (C=O) groups excluding carboxylic acids is 1. The number of hydrogen-bond donors (Lipinski definition) is 2. The topological polar surface area (TPSA) is 66.6 Å². The van der Waals surface area contributed by atoms with E-state index in [0.717, 1.165) is 12.8 Å². The normalized spacial score (nSPS) is 22.1. The fourth-order valence-electron chi connectivity index (χ4n) is 2.19. The van der Waals surface area contributed by atoms with Crippen LogP contribution in [-0.4, -0.2) is 41.7 Å². The van der Waals surface area contributed by atoms with Crippen molar-refractivity contribution in [2.75, 3.05) is 19.6 Å². The summed E-state index contributed by atoms with van der Waals surface area (Å²) in [6, 6.07) is 0. The second-order valence-electron chi connectivity index (χ2n) is 4.39. The molecule has 1 aliphatic rings. The Hall–Kier alpha value is -0.610. The third-order valence-corrected chi connectivity index (χ3v) is 3.65. The van der Waals surface area contributed by atoms with Crippen LogP contribution in [0.2, 0.25) is 0 Å². The Morgan fingerprint density at radius 1 is 1.53 bits per heavy atom. The summed E-state index contributed by atoms with van der Waals surface area (Å²) >= 11 is 0. The zero-order valence-electron chi connectivity index (χ0n) is 9.70. The number of carbonyl (C=O) groups is 1. The van der Waals surface area contributed by atoms with Crippen LogP contribution in [0.1, 0.15) is 33.1 Å². The predicted octanol–water partition coefficient (Wildman–Crippen LogP) is 0.345. The van der Waals surface area contributed by atoms with E-state index in [9.17, 15) is 9.90 Å². The largest absolute Gasteiger partial charge is 0.391 e. The van der Waals surface area contributed by atoms with Crippen LogP contribution in [0.25, 0.3) is 0 Å². The van der Waals surface area contributed by atoms with Gasteiger partial charge in [-0.2, -0.15) is 0 Å². The molecule has 88 valence electrons. The number of nitrogens with two attached hydrogens (primary N) is 1. The van der Waals surface area contributed by atoms with Gasteiger partial charge in [-0.3, -0.25) is 4.79 Å². The van der Waals surface area contributed by atoms with E-state index in [1.807, 2.05) is 13.8 Å². The maximum Gasteiger partial charge on any atom is 0.230 e. The number of aliphatic hydroxyl groups excluding tert-OH is 1. The van der Waals surface area contributed by atoms with E-state index in [0.29, 0.717) is 26.1 Å². The van der Waals surface area contributed by atoms with Crippen molar-refractivity contribution in [2.24, 2.45) is 11.1 Å². The lowest BCUT2D eigenvalue weighted by atomic mass is 9.81. The highest BCUT2D eigenvalue weighted by molar-refractivity contribution is 5.83. The standard InChI is InChI=1S/C11H22N2O2/c1-3-11(4-2,8-12)10(15)13-6-5-9(14)7-13/h9,14H,3-8,12H2,1-2H3. The molecule has 3 N–H and O–H groups in total. The van der Waals surface area contributed by atoms with Crippen LogP contribution in [0.5, 0.6) is 0 Å². The minimum Gasteiger partial charge on any atom is -0.391 e. The van der Waals surface area contributed by atoms with Crippen LogP contribution in [0, 0.1) is 5.41 Å². The van der Waals surface area contributed by atoms with Crippen LogP contribution in [0.4, 0.5) is 0 Å². The Morgan fingerprint density at radius 3 is 2.47 bits per heavy atom. The third-order valence-electron chi connectivity index (χ3n) is 3.65. The van der Waals surface area contributed by atoms with E-state index < -0.39 is 5.41 Å². The molecule has 1 heterocycles. The van der Waals surface area contributed by atoms with Crippen molar-refractivity contribution in [2.45, 2.75) is 39.2 Å². The first-order valence-electron chi connectivity index (χ1n) is 5.77. The van der Waals surface area contributed by atoms with Crippen LogP contribution < -0.4 is 5.73 Å². The number of amides is 1. The van der Waals surface area contributed by atoms with Gasteiger partial charge in [-0.15, -0.1) is 0 Å². The first kappa shape index (κ1) is 12.5. The quantitative estimate of drug-likeness (QED) is 0.709. The third kappa shape index (κ3) is 2.32. The van der Waals surface area contributed by atoms with Gasteiger partial charge in [0, 0.05) is 19.6 Å². The van der Waals surface area contributed by atoms with Gasteiger partial charge < -0.3 is 15.7 Å². The molecule has 1 fully saturated rings. The number of likely N-dealkylation sites (tertiary alicyclic amines) is 1. The maximum atomic E-state index is 12.2. The lowest BCUT2D eigenvalue weighted by Gasteiger charge is -2.33. The van der Waals surface area contributed by atoms with Crippen LogP contribution in [0.3, 0.4) is 0 Å². The van der Waals surface area contributed by atoms with E-state index in [2.05, 4.69) is 0 Å². The van der Waals surface area contributed by atoms with Crippen LogP contribution >= 0.6 is 0 Å². The summed E-state index contributed by atoms with van der Waals surface area (Å²) in [6.07, 6.45) is 1.88. The van der Waals surface area contributed by atoms with Crippen molar-refractivity contribution in [3.8, 4) is 0 Å². The van der Waals surface area contributed by atoms with Crippen molar-refractivity contribution >= 4 is 5.91 Å². The molecule has 1 unspecified atom stereocenters. The summed E-state index contributed by atoms with van der Waals surface area (Å²) in [5.41, 5.74) is 5.31. The molecule has 0 aromatic rings. The fraction of sp³-hybridized carbons (Fsp3) is 0.909. The first-order chi connectivity index (χ1) is 7.09. The highest BCUT2D eigenvalue weighted by Crippen LogP contribution is 2.29. The Balaban J connectivity index is 2.72. The van der Waals surface area contributed by atoms with E-state index in [1.165, 1.54) is 0 Å². The molecule has 0 aliphatic carbocycles. The lowest BCUT2D eigenvalue weighted by molar-refractivity contribution is -0.141. The summed E-state index contributed by atoms with van der Waals surface area (Å²) in [5.74, 6) is 0.117. The van der Waals surface area contributed by atoms with Gasteiger partial charge in [0.2, 0.25) is 5.91 Å². The van der Waals surface area contributed by atoms with Gasteiger partial charge in [-0.1, -0.05) is 13.8 Å². The molecule has 1 aliphatic heterocycles. The average Bonchev–Trinajstić information content (AvgIpc) is 2.68. The highest BCUT2D eigenvalue weighted by atomic mass is 16.3. The van der Waals surface area contributed by atoms with Crippen molar-refractivity contribution in [3.63, 3.8) is 0 Å². The number of nitrogens with zero attached hydrogens (tertiary/aromatic N) is 1. The summed E-state index contributed by atoms with van der Waals surface area (Å²) < 4.78 is 0. The first-order valence-corrected chi connectivity index (χ1v) is 5.77. The van der Waals surface area contributed by atoms with E-state index >= 15 is 0 Å². The molecule has 0 saturated carbocycles. The van der Waals surface area contributed by atoms with E-state index in [4.69, 9.17) is 5.73 Å². The average molecular weight is 214 g/mol. The van der Waals surface area contributed by atoms with Gasteiger partial charge in [0.05, 0.1) is 11.5 Å². The maximum absolute atomic E-state index is 12.2. The molecular weight excluding hydrogens is 192 g/mol. The molecule has 0 bridgehead atoms.